The van der Waals surface area contributed by atoms with Crippen molar-refractivity contribution in [2.45, 2.75) is 98.6 Å². The van der Waals surface area contributed by atoms with E-state index in [2.05, 4.69) is 44.2 Å². The van der Waals surface area contributed by atoms with Gasteiger partial charge < -0.3 is 22.5 Å². The van der Waals surface area contributed by atoms with Gasteiger partial charge in [0.25, 0.3) is 0 Å². The van der Waals surface area contributed by atoms with Crippen LogP contribution in [0.25, 0.3) is 0 Å². The fraction of sp³-hybridized carbons (Fsp3) is 0.759. The smallest absolute Gasteiger partial charge is 0.465 e. The Bertz CT molecular complexity index is 658. The van der Waals surface area contributed by atoms with Crippen molar-refractivity contribution in [3.8, 4) is 0 Å². The standard InChI is InChI=1S/C29H54NO5Si/c1-6-11-16-23-30(22-7-2,27-28-19-13-12-14-20-28)24-18-25-32-29(31)21-15-17-26-36(33-8-3,34-9-4)35-10-5/h12-14,19-20H,6-11,15-18,21-27H2,1-5H3/q+1. The second kappa shape index (κ2) is 19.8. The van der Waals surface area contributed by atoms with Crippen LogP contribution in [0, 0.1) is 0 Å². The van der Waals surface area contributed by atoms with E-state index in [0.717, 1.165) is 55.8 Å². The van der Waals surface area contributed by atoms with Crippen LogP contribution in [0.3, 0.4) is 0 Å². The van der Waals surface area contributed by atoms with E-state index < -0.39 is 8.80 Å². The second-order valence-corrected chi connectivity index (χ2v) is 12.4. The summed E-state index contributed by atoms with van der Waals surface area (Å²) in [6, 6.07) is 11.6. The molecule has 1 aromatic carbocycles. The van der Waals surface area contributed by atoms with Gasteiger partial charge in [0, 0.05) is 44.3 Å². The Kier molecular flexibility index (Phi) is 18.0. The van der Waals surface area contributed by atoms with Crippen molar-refractivity contribution in [1.29, 1.82) is 0 Å². The van der Waals surface area contributed by atoms with Crippen molar-refractivity contribution in [3.63, 3.8) is 0 Å². The molecule has 0 spiro atoms. The van der Waals surface area contributed by atoms with Crippen LogP contribution < -0.4 is 0 Å². The first-order valence-electron chi connectivity index (χ1n) is 14.4. The molecule has 36 heavy (non-hydrogen) atoms. The second-order valence-electron chi connectivity index (χ2n) is 9.63. The Morgan fingerprint density at radius 2 is 1.39 bits per heavy atom. The molecular formula is C29H54NO5Si+. The molecule has 0 saturated heterocycles. The monoisotopic (exact) mass is 524 g/mol. The summed E-state index contributed by atoms with van der Waals surface area (Å²) in [7, 11) is -2.63. The summed E-state index contributed by atoms with van der Waals surface area (Å²) < 4.78 is 24.4. The first-order chi connectivity index (χ1) is 17.5. The van der Waals surface area contributed by atoms with Crippen molar-refractivity contribution in [2.24, 2.45) is 0 Å². The summed E-state index contributed by atoms with van der Waals surface area (Å²) >= 11 is 0. The fourth-order valence-corrected chi connectivity index (χ4v) is 7.67. The fourth-order valence-electron chi connectivity index (χ4n) is 4.99. The molecule has 1 unspecified atom stereocenters. The molecule has 1 rings (SSSR count). The van der Waals surface area contributed by atoms with Crippen molar-refractivity contribution in [2.75, 3.05) is 46.1 Å². The van der Waals surface area contributed by atoms with E-state index in [1.807, 2.05) is 20.8 Å². The first-order valence-corrected chi connectivity index (χ1v) is 16.4. The number of benzene rings is 1. The zero-order valence-electron chi connectivity index (χ0n) is 23.9. The van der Waals surface area contributed by atoms with Gasteiger partial charge in [-0.2, -0.15) is 0 Å². The van der Waals surface area contributed by atoms with Crippen LogP contribution >= 0.6 is 0 Å². The number of rotatable bonds is 23. The summed E-state index contributed by atoms with van der Waals surface area (Å²) in [4.78, 5) is 12.4. The lowest BCUT2D eigenvalue weighted by molar-refractivity contribution is -0.941. The van der Waals surface area contributed by atoms with Gasteiger partial charge in [-0.05, 0) is 52.9 Å². The van der Waals surface area contributed by atoms with Crippen molar-refractivity contribution in [1.82, 2.24) is 0 Å². The van der Waals surface area contributed by atoms with E-state index in [-0.39, 0.29) is 5.97 Å². The van der Waals surface area contributed by atoms with Gasteiger partial charge in [-0.3, -0.25) is 4.79 Å². The third-order valence-corrected chi connectivity index (χ3v) is 9.69. The molecule has 208 valence electrons. The van der Waals surface area contributed by atoms with E-state index in [4.69, 9.17) is 18.0 Å². The maximum atomic E-state index is 12.4. The Morgan fingerprint density at radius 3 is 1.97 bits per heavy atom. The number of ether oxygens (including phenoxy) is 1. The first kappa shape index (κ1) is 32.8. The van der Waals surface area contributed by atoms with Crippen LogP contribution in [0.15, 0.2) is 30.3 Å². The minimum Gasteiger partial charge on any atom is -0.465 e. The minimum atomic E-state index is -2.63. The number of esters is 1. The summed E-state index contributed by atoms with van der Waals surface area (Å²) in [5, 5.41) is 0. The Labute approximate surface area is 222 Å². The quantitative estimate of drug-likeness (QED) is 0.0685. The van der Waals surface area contributed by atoms with Gasteiger partial charge in [0.05, 0.1) is 26.2 Å². The molecule has 0 aliphatic carbocycles. The van der Waals surface area contributed by atoms with Crippen LogP contribution in [-0.2, 0) is 29.4 Å². The Morgan fingerprint density at radius 1 is 0.750 bits per heavy atom. The van der Waals surface area contributed by atoms with Crippen LogP contribution in [0.4, 0.5) is 0 Å². The third kappa shape index (κ3) is 13.3. The molecule has 6 nitrogen and oxygen atoms in total. The van der Waals surface area contributed by atoms with Gasteiger partial charge in [-0.15, -0.1) is 0 Å². The maximum absolute atomic E-state index is 12.4. The highest BCUT2D eigenvalue weighted by Gasteiger charge is 2.39. The van der Waals surface area contributed by atoms with Crippen LogP contribution in [-0.4, -0.2) is 65.3 Å². The molecule has 0 saturated carbocycles. The van der Waals surface area contributed by atoms with Crippen LogP contribution in [0.1, 0.15) is 91.5 Å². The summed E-state index contributed by atoms with van der Waals surface area (Å²) in [6.45, 7) is 17.1. The number of hydrogen-bond acceptors (Lipinski definition) is 5. The van der Waals surface area contributed by atoms with E-state index in [9.17, 15) is 4.79 Å². The molecule has 1 aromatic rings. The summed E-state index contributed by atoms with van der Waals surface area (Å²) in [6.07, 6.45) is 7.86. The van der Waals surface area contributed by atoms with E-state index >= 15 is 0 Å². The average Bonchev–Trinajstić information content (AvgIpc) is 2.86. The van der Waals surface area contributed by atoms with Crippen molar-refractivity contribution >= 4 is 14.8 Å². The lowest BCUT2D eigenvalue weighted by Gasteiger charge is -2.39. The molecule has 0 heterocycles. The highest BCUT2D eigenvalue weighted by atomic mass is 28.4. The van der Waals surface area contributed by atoms with Crippen molar-refractivity contribution in [3.05, 3.63) is 35.9 Å². The van der Waals surface area contributed by atoms with Crippen LogP contribution in [0.5, 0.6) is 0 Å². The highest BCUT2D eigenvalue weighted by molar-refractivity contribution is 6.60. The predicted molar refractivity (Wildman–Crippen MR) is 150 cm³/mol. The molecule has 0 aromatic heterocycles. The number of carbonyl (C=O) groups is 1. The zero-order chi connectivity index (χ0) is 26.5. The molecule has 1 atom stereocenters. The summed E-state index contributed by atoms with van der Waals surface area (Å²) in [5.74, 6) is -0.103. The van der Waals surface area contributed by atoms with Crippen molar-refractivity contribution < 1.29 is 27.3 Å². The lowest BCUT2D eigenvalue weighted by Crippen LogP contribution is -2.49. The molecule has 0 N–H and O–H groups in total. The molecular weight excluding hydrogens is 470 g/mol. The zero-order valence-corrected chi connectivity index (χ0v) is 24.9. The number of quaternary nitrogens is 1. The minimum absolute atomic E-state index is 0.103. The number of carbonyl (C=O) groups excluding carboxylic acids is 1. The van der Waals surface area contributed by atoms with Crippen LogP contribution in [0.2, 0.25) is 6.04 Å². The topological polar surface area (TPSA) is 54.0 Å². The molecule has 0 aliphatic heterocycles. The van der Waals surface area contributed by atoms with E-state index in [1.54, 1.807) is 0 Å². The number of hydrogen-bond donors (Lipinski definition) is 0. The molecule has 0 fully saturated rings. The lowest BCUT2D eigenvalue weighted by atomic mass is 10.1. The number of nitrogens with zero attached hydrogens (tertiary/aromatic N) is 1. The van der Waals surface area contributed by atoms with E-state index in [1.165, 1.54) is 31.4 Å². The highest BCUT2D eigenvalue weighted by Crippen LogP contribution is 2.21. The summed E-state index contributed by atoms with van der Waals surface area (Å²) in [5.41, 5.74) is 1.39. The number of unbranched alkanes of at least 4 members (excludes halogenated alkanes) is 3. The maximum Gasteiger partial charge on any atom is 0.500 e. The third-order valence-electron chi connectivity index (χ3n) is 6.54. The molecule has 7 heteroatoms. The molecule has 0 bridgehead atoms. The largest absolute Gasteiger partial charge is 0.500 e. The van der Waals surface area contributed by atoms with Gasteiger partial charge >= 0.3 is 14.8 Å². The molecule has 0 amide bonds. The predicted octanol–water partition coefficient (Wildman–Crippen LogP) is 6.76. The molecule has 0 radical (unpaired) electrons. The van der Waals surface area contributed by atoms with Gasteiger partial charge in [-0.25, -0.2) is 0 Å². The van der Waals surface area contributed by atoms with Gasteiger partial charge in [-0.1, -0.05) is 50.6 Å². The Balaban J connectivity index is 2.51. The van der Waals surface area contributed by atoms with Gasteiger partial charge in [0.1, 0.15) is 6.54 Å². The SMILES string of the molecule is CCCCC[N+](CCC)(CCCOC(=O)CCCC[Si](OCC)(OCC)OCC)Cc1ccccc1. The average molecular weight is 525 g/mol. The van der Waals surface area contributed by atoms with Gasteiger partial charge in [0.2, 0.25) is 0 Å². The van der Waals surface area contributed by atoms with E-state index in [0.29, 0.717) is 32.8 Å². The molecule has 0 aliphatic rings. The Hall–Kier alpha value is -1.25. The van der Waals surface area contributed by atoms with Gasteiger partial charge in [0.15, 0.2) is 0 Å². The normalized spacial score (nSPS) is 13.5.